The number of phenols is 1. The second kappa shape index (κ2) is 9.80. The number of phenolic OH excluding ortho intramolecular Hbond substituents is 1. The third-order valence-electron chi connectivity index (χ3n) is 5.50. The van der Waals surface area contributed by atoms with Crippen molar-refractivity contribution in [3.63, 3.8) is 0 Å². The standard InChI is InChI=1S/C25H28N2O5/c1-16-25(32-23-10-5-4-9-22(23)30-3)24(27-26-16)20-12-11-19(14-21(20)28)31-15-17-7-6-8-18(13-17)29-2/h4-14,16,24-28H,15H2,1-3H3. The Labute approximate surface area is 187 Å². The highest BCUT2D eigenvalue weighted by Crippen LogP contribution is 2.36. The van der Waals surface area contributed by atoms with Crippen LogP contribution in [0.4, 0.5) is 0 Å². The van der Waals surface area contributed by atoms with E-state index in [1.165, 1.54) is 0 Å². The van der Waals surface area contributed by atoms with Crippen LogP contribution in [0.2, 0.25) is 0 Å². The molecule has 1 aliphatic heterocycles. The van der Waals surface area contributed by atoms with E-state index in [1.807, 2.05) is 67.6 Å². The first-order chi connectivity index (χ1) is 15.6. The third kappa shape index (κ3) is 4.74. The van der Waals surface area contributed by atoms with Crippen molar-refractivity contribution < 1.29 is 24.1 Å². The van der Waals surface area contributed by atoms with Gasteiger partial charge in [-0.25, -0.2) is 5.43 Å². The highest BCUT2D eigenvalue weighted by molar-refractivity contribution is 5.44. The first-order valence-corrected chi connectivity index (χ1v) is 10.5. The Bertz CT molecular complexity index is 1060. The molecular weight excluding hydrogens is 408 g/mol. The van der Waals surface area contributed by atoms with Gasteiger partial charge in [-0.3, -0.25) is 5.43 Å². The molecule has 3 aromatic rings. The lowest BCUT2D eigenvalue weighted by Crippen LogP contribution is -2.33. The van der Waals surface area contributed by atoms with Crippen LogP contribution in [-0.4, -0.2) is 31.5 Å². The summed E-state index contributed by atoms with van der Waals surface area (Å²) >= 11 is 0. The Kier molecular flexibility index (Phi) is 6.68. The van der Waals surface area contributed by atoms with Crippen LogP contribution < -0.4 is 29.8 Å². The number of methoxy groups -OCH3 is 2. The first kappa shape index (κ1) is 21.8. The van der Waals surface area contributed by atoms with Crippen LogP contribution in [0.25, 0.3) is 0 Å². The predicted octanol–water partition coefficient (Wildman–Crippen LogP) is 3.97. The number of nitrogens with one attached hydrogen (secondary N) is 2. The molecule has 0 bridgehead atoms. The second-order valence-corrected chi connectivity index (χ2v) is 7.65. The summed E-state index contributed by atoms with van der Waals surface area (Å²) in [5.41, 5.74) is 8.13. The van der Waals surface area contributed by atoms with E-state index in [2.05, 4.69) is 10.9 Å². The normalized spacial score (nSPS) is 20.0. The van der Waals surface area contributed by atoms with E-state index in [4.69, 9.17) is 18.9 Å². The average molecular weight is 437 g/mol. The van der Waals surface area contributed by atoms with E-state index in [9.17, 15) is 5.11 Å². The van der Waals surface area contributed by atoms with Crippen molar-refractivity contribution in [1.82, 2.24) is 10.9 Å². The topological polar surface area (TPSA) is 81.2 Å². The third-order valence-corrected chi connectivity index (χ3v) is 5.50. The summed E-state index contributed by atoms with van der Waals surface area (Å²) in [4.78, 5) is 0. The molecule has 1 heterocycles. The fourth-order valence-electron chi connectivity index (χ4n) is 3.77. The van der Waals surface area contributed by atoms with Crippen LogP contribution in [0.3, 0.4) is 0 Å². The van der Waals surface area contributed by atoms with Gasteiger partial charge in [0.2, 0.25) is 0 Å². The number of hydrazine groups is 1. The summed E-state index contributed by atoms with van der Waals surface area (Å²) in [6.07, 6.45) is -0.263. The number of para-hydroxylation sites is 2. The van der Waals surface area contributed by atoms with Crippen LogP contribution in [0.15, 0.2) is 66.7 Å². The molecule has 0 aromatic heterocycles. The number of ether oxygens (including phenoxy) is 4. The molecule has 1 fully saturated rings. The van der Waals surface area contributed by atoms with Gasteiger partial charge in [0.25, 0.3) is 0 Å². The number of hydrogen-bond donors (Lipinski definition) is 3. The van der Waals surface area contributed by atoms with Crippen molar-refractivity contribution in [3.8, 4) is 28.7 Å². The minimum absolute atomic E-state index is 0.00768. The Balaban J connectivity index is 1.48. The molecule has 1 aliphatic rings. The molecule has 3 N–H and O–H groups in total. The fourth-order valence-corrected chi connectivity index (χ4v) is 3.77. The molecule has 32 heavy (non-hydrogen) atoms. The van der Waals surface area contributed by atoms with Crippen molar-refractivity contribution in [2.45, 2.75) is 31.7 Å². The zero-order valence-corrected chi connectivity index (χ0v) is 18.4. The highest BCUT2D eigenvalue weighted by Gasteiger charge is 2.38. The molecule has 0 spiro atoms. The molecule has 3 aromatic carbocycles. The Morgan fingerprint density at radius 1 is 0.844 bits per heavy atom. The van der Waals surface area contributed by atoms with E-state index in [0.717, 1.165) is 16.9 Å². The van der Waals surface area contributed by atoms with Gasteiger partial charge in [-0.1, -0.05) is 24.3 Å². The zero-order chi connectivity index (χ0) is 22.5. The van der Waals surface area contributed by atoms with E-state index < -0.39 is 0 Å². The summed E-state index contributed by atoms with van der Waals surface area (Å²) in [7, 11) is 3.25. The lowest BCUT2D eigenvalue weighted by molar-refractivity contribution is 0.164. The Morgan fingerprint density at radius 2 is 1.66 bits per heavy atom. The van der Waals surface area contributed by atoms with Gasteiger partial charge in [0.1, 0.15) is 30.0 Å². The van der Waals surface area contributed by atoms with Crippen LogP contribution in [0.1, 0.15) is 24.1 Å². The molecule has 0 aliphatic carbocycles. The zero-order valence-electron chi connectivity index (χ0n) is 18.4. The SMILES string of the molecule is COc1cccc(COc2ccc(C3NNC(C)C3Oc3ccccc3OC)c(O)c2)c1. The van der Waals surface area contributed by atoms with Gasteiger partial charge in [0.15, 0.2) is 11.5 Å². The van der Waals surface area contributed by atoms with Crippen LogP contribution in [-0.2, 0) is 6.61 Å². The van der Waals surface area contributed by atoms with Crippen molar-refractivity contribution in [2.24, 2.45) is 0 Å². The predicted molar refractivity (Wildman–Crippen MR) is 121 cm³/mol. The molecule has 7 nitrogen and oxygen atoms in total. The van der Waals surface area contributed by atoms with E-state index in [-0.39, 0.29) is 23.9 Å². The second-order valence-electron chi connectivity index (χ2n) is 7.65. The number of benzene rings is 3. The summed E-state index contributed by atoms with van der Waals surface area (Å²) < 4.78 is 22.8. The molecule has 1 saturated heterocycles. The molecule has 0 saturated carbocycles. The van der Waals surface area contributed by atoms with Gasteiger partial charge in [-0.15, -0.1) is 0 Å². The van der Waals surface area contributed by atoms with Gasteiger partial charge in [0.05, 0.1) is 26.3 Å². The molecule has 0 amide bonds. The minimum atomic E-state index is -0.263. The van der Waals surface area contributed by atoms with E-state index in [0.29, 0.717) is 23.9 Å². The molecule has 3 unspecified atom stereocenters. The number of hydrogen-bond acceptors (Lipinski definition) is 7. The average Bonchev–Trinajstić information content (AvgIpc) is 3.18. The van der Waals surface area contributed by atoms with E-state index in [1.54, 1.807) is 20.3 Å². The van der Waals surface area contributed by atoms with Crippen LogP contribution >= 0.6 is 0 Å². The fraction of sp³-hybridized carbons (Fsp3) is 0.280. The van der Waals surface area contributed by atoms with Crippen molar-refractivity contribution >= 4 is 0 Å². The van der Waals surface area contributed by atoms with E-state index >= 15 is 0 Å². The molecule has 4 rings (SSSR count). The number of aromatic hydroxyl groups is 1. The van der Waals surface area contributed by atoms with Gasteiger partial charge >= 0.3 is 0 Å². The molecule has 0 radical (unpaired) electrons. The Hall–Kier alpha value is -3.42. The van der Waals surface area contributed by atoms with Gasteiger partial charge in [0, 0.05) is 11.6 Å². The van der Waals surface area contributed by atoms with Gasteiger partial charge in [-0.2, -0.15) is 0 Å². The van der Waals surface area contributed by atoms with Crippen LogP contribution in [0, 0.1) is 0 Å². The smallest absolute Gasteiger partial charge is 0.161 e. The maximum Gasteiger partial charge on any atom is 0.161 e. The maximum atomic E-state index is 10.8. The lowest BCUT2D eigenvalue weighted by Gasteiger charge is -2.24. The summed E-state index contributed by atoms with van der Waals surface area (Å²) in [5.74, 6) is 2.81. The largest absolute Gasteiger partial charge is 0.507 e. The summed E-state index contributed by atoms with van der Waals surface area (Å²) in [6, 6.07) is 20.3. The quantitative estimate of drug-likeness (QED) is 0.493. The summed E-state index contributed by atoms with van der Waals surface area (Å²) in [6.45, 7) is 2.39. The molecule has 7 heteroatoms. The maximum absolute atomic E-state index is 10.8. The van der Waals surface area contributed by atoms with Crippen LogP contribution in [0.5, 0.6) is 28.7 Å². The van der Waals surface area contributed by atoms with Crippen molar-refractivity contribution in [1.29, 1.82) is 0 Å². The molecule has 168 valence electrons. The first-order valence-electron chi connectivity index (χ1n) is 10.5. The monoisotopic (exact) mass is 436 g/mol. The van der Waals surface area contributed by atoms with Gasteiger partial charge < -0.3 is 24.1 Å². The molecule has 3 atom stereocenters. The molecular formula is C25H28N2O5. The van der Waals surface area contributed by atoms with Crippen molar-refractivity contribution in [2.75, 3.05) is 14.2 Å². The Morgan fingerprint density at radius 3 is 2.41 bits per heavy atom. The van der Waals surface area contributed by atoms with Gasteiger partial charge in [-0.05, 0) is 48.9 Å². The lowest BCUT2D eigenvalue weighted by atomic mass is 9.98. The van der Waals surface area contributed by atoms with Crippen molar-refractivity contribution in [3.05, 3.63) is 77.9 Å². The number of rotatable bonds is 8. The minimum Gasteiger partial charge on any atom is -0.507 e. The summed E-state index contributed by atoms with van der Waals surface area (Å²) in [5, 5.41) is 10.8. The highest BCUT2D eigenvalue weighted by atomic mass is 16.5.